The molecule has 168 valence electrons. The van der Waals surface area contributed by atoms with Crippen molar-refractivity contribution in [2.45, 2.75) is 12.1 Å². The van der Waals surface area contributed by atoms with Crippen LogP contribution in [0, 0.1) is 0 Å². The van der Waals surface area contributed by atoms with Crippen molar-refractivity contribution in [1.29, 1.82) is 0 Å². The number of anilines is 3. The Morgan fingerprint density at radius 1 is 0.758 bits per heavy atom. The maximum absolute atomic E-state index is 14.9. The molecule has 2 aliphatic heterocycles. The molecule has 5 rings (SSSR count). The molecule has 2 amide bonds. The zero-order valence-corrected chi connectivity index (χ0v) is 19.1. The fraction of sp³-hybridized carbons (Fsp3) is 0.200. The lowest BCUT2D eigenvalue weighted by Gasteiger charge is -2.35. The summed E-state index contributed by atoms with van der Waals surface area (Å²) >= 11 is 0. The molecular formula is C25H24N3O4P. The summed E-state index contributed by atoms with van der Waals surface area (Å²) in [4.78, 5) is 27.9. The topological polar surface area (TPSA) is 70.2 Å². The number of amides is 2. The zero-order chi connectivity index (χ0) is 23.0. The van der Waals surface area contributed by atoms with Crippen LogP contribution in [-0.4, -0.2) is 37.7 Å². The fourth-order valence-corrected chi connectivity index (χ4v) is 8.02. The van der Waals surface area contributed by atoms with E-state index in [1.165, 1.54) is 0 Å². The summed E-state index contributed by atoms with van der Waals surface area (Å²) in [6.45, 7) is 0.993. The maximum atomic E-state index is 14.9. The number of ether oxygens (including phenoxy) is 1. The van der Waals surface area contributed by atoms with Crippen LogP contribution < -0.4 is 19.0 Å². The normalized spacial score (nSPS) is 19.9. The second-order valence-electron chi connectivity index (χ2n) is 7.99. The number of hydrogen-bond acceptors (Lipinski definition) is 4. The average Bonchev–Trinajstić information content (AvgIpc) is 3.37. The van der Waals surface area contributed by atoms with Crippen molar-refractivity contribution in [1.82, 2.24) is 0 Å². The Balaban J connectivity index is 1.57. The second kappa shape index (κ2) is 8.41. The number of carbonyl (C=O) groups excluding carboxylic acids is 2. The Kier molecular flexibility index (Phi) is 5.43. The predicted octanol–water partition coefficient (Wildman–Crippen LogP) is 4.55. The second-order valence-corrected chi connectivity index (χ2v) is 10.8. The van der Waals surface area contributed by atoms with Crippen LogP contribution in [0.4, 0.5) is 17.1 Å². The van der Waals surface area contributed by atoms with Gasteiger partial charge in [0.25, 0.3) is 7.44 Å². The van der Waals surface area contributed by atoms with Crippen molar-refractivity contribution in [2.75, 3.05) is 34.4 Å². The summed E-state index contributed by atoms with van der Waals surface area (Å²) in [6, 6.07) is 25.7. The van der Waals surface area contributed by atoms with Gasteiger partial charge in [0.2, 0.25) is 11.8 Å². The number of carbonyl (C=O) groups is 2. The highest BCUT2D eigenvalue weighted by Gasteiger charge is 2.57. The van der Waals surface area contributed by atoms with E-state index in [-0.39, 0.29) is 12.3 Å². The predicted molar refractivity (Wildman–Crippen MR) is 129 cm³/mol. The van der Waals surface area contributed by atoms with E-state index in [4.69, 9.17) is 4.74 Å². The van der Waals surface area contributed by atoms with Gasteiger partial charge in [0.15, 0.2) is 0 Å². The molecule has 3 aromatic carbocycles. The molecule has 0 N–H and O–H groups in total. The van der Waals surface area contributed by atoms with E-state index in [1.807, 2.05) is 70.0 Å². The molecule has 2 saturated heterocycles. The average molecular weight is 461 g/mol. The number of hydrogen-bond donors (Lipinski definition) is 0. The van der Waals surface area contributed by atoms with Crippen molar-refractivity contribution >= 4 is 36.3 Å². The van der Waals surface area contributed by atoms with Crippen molar-refractivity contribution in [2.24, 2.45) is 0 Å². The first-order valence-electron chi connectivity index (χ1n) is 10.8. The Bertz CT molecular complexity index is 1170. The summed E-state index contributed by atoms with van der Waals surface area (Å²) in [5.41, 5.74) is 1.05. The molecule has 1 atom stereocenters. The van der Waals surface area contributed by atoms with E-state index in [0.717, 1.165) is 16.3 Å². The van der Waals surface area contributed by atoms with Gasteiger partial charge in [0, 0.05) is 30.9 Å². The molecule has 0 aromatic heterocycles. The number of imide groups is 1. The van der Waals surface area contributed by atoms with Gasteiger partial charge in [-0.05, 0) is 48.5 Å². The monoisotopic (exact) mass is 461 g/mol. The molecule has 0 saturated carbocycles. The number of methoxy groups -OCH3 is 1. The number of para-hydroxylation sites is 2. The Labute approximate surface area is 192 Å². The largest absolute Gasteiger partial charge is 0.497 e. The van der Waals surface area contributed by atoms with Crippen LogP contribution in [0.5, 0.6) is 5.75 Å². The van der Waals surface area contributed by atoms with E-state index in [2.05, 4.69) is 0 Å². The van der Waals surface area contributed by atoms with Crippen molar-refractivity contribution < 1.29 is 18.9 Å². The molecule has 2 heterocycles. The van der Waals surface area contributed by atoms with Crippen LogP contribution in [0.25, 0.3) is 0 Å². The third kappa shape index (κ3) is 3.49. The molecule has 0 spiro atoms. The molecule has 3 aromatic rings. The number of benzene rings is 3. The van der Waals surface area contributed by atoms with Crippen LogP contribution in [-0.2, 0) is 14.2 Å². The van der Waals surface area contributed by atoms with Gasteiger partial charge in [-0.1, -0.05) is 36.4 Å². The van der Waals surface area contributed by atoms with Crippen LogP contribution in [0.2, 0.25) is 0 Å². The number of rotatable bonds is 5. The Morgan fingerprint density at radius 3 is 1.76 bits per heavy atom. The van der Waals surface area contributed by atoms with Gasteiger partial charge in [-0.2, -0.15) is 0 Å². The van der Waals surface area contributed by atoms with E-state index >= 15 is 0 Å². The highest BCUT2D eigenvalue weighted by atomic mass is 31.2. The van der Waals surface area contributed by atoms with Crippen LogP contribution in [0.15, 0.2) is 84.9 Å². The molecule has 33 heavy (non-hydrogen) atoms. The van der Waals surface area contributed by atoms with Gasteiger partial charge in [0.1, 0.15) is 11.4 Å². The molecular weight excluding hydrogens is 437 g/mol. The van der Waals surface area contributed by atoms with Gasteiger partial charge in [-0.25, -0.2) is 4.90 Å². The lowest BCUT2D eigenvalue weighted by molar-refractivity contribution is -0.121. The lowest BCUT2D eigenvalue weighted by atomic mass is 10.3. The third-order valence-electron chi connectivity index (χ3n) is 6.18. The molecule has 0 bridgehead atoms. The van der Waals surface area contributed by atoms with E-state index in [9.17, 15) is 14.2 Å². The fourth-order valence-electron chi connectivity index (χ4n) is 4.61. The summed E-state index contributed by atoms with van der Waals surface area (Å²) in [6.07, 6.45) is -0.102. The van der Waals surface area contributed by atoms with Gasteiger partial charge < -0.3 is 14.1 Å². The highest BCUT2D eigenvalue weighted by molar-refractivity contribution is 7.69. The van der Waals surface area contributed by atoms with Crippen LogP contribution in [0.3, 0.4) is 0 Å². The SMILES string of the molecule is COc1ccc(N2C(=O)CC(P3(=O)N(c4ccccc4)CCN3c3ccccc3)C2=O)cc1. The summed E-state index contributed by atoms with van der Waals surface area (Å²) in [5, 5.41) is 0. The molecule has 8 heteroatoms. The van der Waals surface area contributed by atoms with Gasteiger partial charge >= 0.3 is 0 Å². The molecule has 1 unspecified atom stereocenters. The first-order chi connectivity index (χ1) is 16.0. The smallest absolute Gasteiger partial charge is 0.275 e. The Morgan fingerprint density at radius 2 is 1.27 bits per heavy atom. The van der Waals surface area contributed by atoms with Gasteiger partial charge in [-0.3, -0.25) is 14.2 Å². The molecule has 2 fully saturated rings. The van der Waals surface area contributed by atoms with Crippen molar-refractivity contribution in [3.63, 3.8) is 0 Å². The summed E-state index contributed by atoms with van der Waals surface area (Å²) < 4.78 is 23.8. The lowest BCUT2D eigenvalue weighted by Crippen LogP contribution is -2.36. The van der Waals surface area contributed by atoms with E-state index < -0.39 is 19.0 Å². The standard InChI is InChI=1S/C25H24N3O4P/c1-32-22-14-12-21(13-15-22)28-24(29)18-23(25(28)30)33(31)26(19-8-4-2-5-9-19)16-17-27(33)20-10-6-3-7-11-20/h2-15,23H,16-18H2,1H3. The van der Waals surface area contributed by atoms with Crippen molar-refractivity contribution in [3.8, 4) is 5.75 Å². The molecule has 0 radical (unpaired) electrons. The Hall–Kier alpha value is -3.57. The highest BCUT2D eigenvalue weighted by Crippen LogP contribution is 2.65. The zero-order valence-electron chi connectivity index (χ0n) is 18.2. The molecule has 0 aliphatic carbocycles. The minimum Gasteiger partial charge on any atom is -0.497 e. The van der Waals surface area contributed by atoms with Gasteiger partial charge in [0.05, 0.1) is 12.8 Å². The van der Waals surface area contributed by atoms with Crippen molar-refractivity contribution in [3.05, 3.63) is 84.9 Å². The quantitative estimate of drug-likeness (QED) is 0.410. The molecule has 7 nitrogen and oxygen atoms in total. The van der Waals surface area contributed by atoms with E-state index in [1.54, 1.807) is 31.4 Å². The number of nitrogens with zero attached hydrogens (tertiary/aromatic N) is 3. The minimum absolute atomic E-state index is 0.102. The molecule has 2 aliphatic rings. The van der Waals surface area contributed by atoms with Crippen LogP contribution >= 0.6 is 7.44 Å². The van der Waals surface area contributed by atoms with Crippen LogP contribution in [0.1, 0.15) is 6.42 Å². The first-order valence-corrected chi connectivity index (χ1v) is 12.5. The third-order valence-corrected chi connectivity index (χ3v) is 9.64. The van der Waals surface area contributed by atoms with E-state index in [0.29, 0.717) is 24.5 Å². The first kappa shape index (κ1) is 21.3. The minimum atomic E-state index is -3.52. The summed E-state index contributed by atoms with van der Waals surface area (Å²) in [5.74, 6) is -0.154. The summed E-state index contributed by atoms with van der Waals surface area (Å²) in [7, 11) is -1.96. The maximum Gasteiger partial charge on any atom is 0.275 e. The van der Waals surface area contributed by atoms with Gasteiger partial charge in [-0.15, -0.1) is 0 Å².